The Bertz CT molecular complexity index is 1150. The van der Waals surface area contributed by atoms with Gasteiger partial charge < -0.3 is 9.80 Å². The van der Waals surface area contributed by atoms with Gasteiger partial charge in [-0.25, -0.2) is 4.99 Å². The SMILES string of the molecule is C=C(C)c1ccccc1C(C)C[C@H](C)c1cc(C)cc2c1N=C(N1CCC(C)(C)C1)N(C)C2=C. The highest BCUT2D eigenvalue weighted by molar-refractivity contribution is 5.97. The topological polar surface area (TPSA) is 18.8 Å². The molecule has 3 heteroatoms. The van der Waals surface area contributed by atoms with Gasteiger partial charge in [0.1, 0.15) is 0 Å². The molecule has 2 aromatic carbocycles. The number of likely N-dealkylation sites (tertiary alicyclic amines) is 1. The number of fused-ring (bicyclic) bond motifs is 1. The normalized spacial score (nSPS) is 19.0. The summed E-state index contributed by atoms with van der Waals surface area (Å²) in [6.45, 7) is 24.4. The first kappa shape index (κ1) is 24.3. The van der Waals surface area contributed by atoms with Crippen LogP contribution in [0.5, 0.6) is 0 Å². The molecule has 1 fully saturated rings. The van der Waals surface area contributed by atoms with E-state index in [1.54, 1.807) is 0 Å². The van der Waals surface area contributed by atoms with E-state index in [9.17, 15) is 0 Å². The van der Waals surface area contributed by atoms with Crippen LogP contribution in [0.4, 0.5) is 5.69 Å². The number of hydrogen-bond donors (Lipinski definition) is 0. The molecular formula is C31H41N3. The van der Waals surface area contributed by atoms with Crippen LogP contribution >= 0.6 is 0 Å². The van der Waals surface area contributed by atoms with E-state index in [-0.39, 0.29) is 0 Å². The van der Waals surface area contributed by atoms with Crippen LogP contribution in [0.1, 0.15) is 87.1 Å². The molecule has 2 aliphatic heterocycles. The third-order valence-electron chi connectivity index (χ3n) is 7.66. The van der Waals surface area contributed by atoms with Gasteiger partial charge in [0.05, 0.1) is 5.69 Å². The fraction of sp³-hybridized carbons (Fsp3) is 0.452. The van der Waals surface area contributed by atoms with Crippen molar-refractivity contribution in [2.45, 2.75) is 66.2 Å². The number of aryl methyl sites for hydroxylation is 1. The Morgan fingerprint density at radius 3 is 2.44 bits per heavy atom. The Balaban J connectivity index is 1.70. The zero-order valence-corrected chi connectivity index (χ0v) is 22.2. The van der Waals surface area contributed by atoms with Crippen LogP contribution in [0.2, 0.25) is 0 Å². The first-order chi connectivity index (χ1) is 16.0. The molecule has 2 atom stereocenters. The molecule has 34 heavy (non-hydrogen) atoms. The summed E-state index contributed by atoms with van der Waals surface area (Å²) in [6, 6.07) is 13.3. The van der Waals surface area contributed by atoms with E-state index in [4.69, 9.17) is 4.99 Å². The van der Waals surface area contributed by atoms with Crippen LogP contribution in [0.25, 0.3) is 11.3 Å². The second-order valence-electron chi connectivity index (χ2n) is 11.4. The Hall–Kier alpha value is -2.81. The Morgan fingerprint density at radius 2 is 1.79 bits per heavy atom. The fourth-order valence-corrected chi connectivity index (χ4v) is 5.67. The first-order valence-corrected chi connectivity index (χ1v) is 12.6. The molecule has 1 saturated heterocycles. The summed E-state index contributed by atoms with van der Waals surface area (Å²) in [7, 11) is 2.11. The Labute approximate surface area is 206 Å². The lowest BCUT2D eigenvalue weighted by Gasteiger charge is -2.36. The maximum atomic E-state index is 5.31. The lowest BCUT2D eigenvalue weighted by atomic mass is 9.82. The number of rotatable bonds is 5. The molecule has 4 rings (SSSR count). The van der Waals surface area contributed by atoms with Crippen molar-refractivity contribution in [1.82, 2.24) is 9.80 Å². The van der Waals surface area contributed by atoms with Crippen molar-refractivity contribution in [1.29, 1.82) is 0 Å². The van der Waals surface area contributed by atoms with E-state index in [2.05, 4.69) is 108 Å². The van der Waals surface area contributed by atoms with Gasteiger partial charge in [-0.05, 0) is 66.7 Å². The molecule has 180 valence electrons. The molecule has 0 spiro atoms. The molecule has 2 aliphatic rings. The van der Waals surface area contributed by atoms with E-state index in [1.807, 2.05) is 0 Å². The van der Waals surface area contributed by atoms with Crippen LogP contribution in [0, 0.1) is 12.3 Å². The molecule has 0 N–H and O–H groups in total. The second kappa shape index (κ2) is 9.09. The highest BCUT2D eigenvalue weighted by Gasteiger charge is 2.35. The second-order valence-corrected chi connectivity index (χ2v) is 11.4. The smallest absolute Gasteiger partial charge is 0.206 e. The predicted molar refractivity (Wildman–Crippen MR) is 148 cm³/mol. The summed E-state index contributed by atoms with van der Waals surface area (Å²) < 4.78 is 0. The van der Waals surface area contributed by atoms with E-state index in [0.717, 1.165) is 42.4 Å². The van der Waals surface area contributed by atoms with Crippen molar-refractivity contribution < 1.29 is 0 Å². The quantitative estimate of drug-likeness (QED) is 0.455. The van der Waals surface area contributed by atoms with E-state index >= 15 is 0 Å². The Morgan fingerprint density at radius 1 is 1.12 bits per heavy atom. The number of allylic oxidation sites excluding steroid dienone is 1. The van der Waals surface area contributed by atoms with Gasteiger partial charge in [0.25, 0.3) is 0 Å². The van der Waals surface area contributed by atoms with Crippen LogP contribution in [-0.2, 0) is 0 Å². The van der Waals surface area contributed by atoms with Crippen molar-refractivity contribution in [2.75, 3.05) is 20.1 Å². The number of guanidine groups is 1. The van der Waals surface area contributed by atoms with Crippen molar-refractivity contribution >= 4 is 22.9 Å². The predicted octanol–water partition coefficient (Wildman–Crippen LogP) is 7.96. The molecule has 0 aliphatic carbocycles. The molecule has 0 saturated carbocycles. The van der Waals surface area contributed by atoms with Gasteiger partial charge in [0.15, 0.2) is 0 Å². The molecule has 3 nitrogen and oxygen atoms in total. The molecule has 2 heterocycles. The minimum atomic E-state index is 0.320. The van der Waals surface area contributed by atoms with Crippen molar-refractivity contribution in [3.63, 3.8) is 0 Å². The van der Waals surface area contributed by atoms with Crippen molar-refractivity contribution in [3.05, 3.63) is 77.4 Å². The first-order valence-electron chi connectivity index (χ1n) is 12.6. The summed E-state index contributed by atoms with van der Waals surface area (Å²) >= 11 is 0. The average Bonchev–Trinajstić information content (AvgIpc) is 3.15. The highest BCUT2D eigenvalue weighted by Crippen LogP contribution is 2.43. The van der Waals surface area contributed by atoms with Gasteiger partial charge in [-0.1, -0.05) is 82.3 Å². The number of nitrogens with zero attached hydrogens (tertiary/aromatic N) is 3. The minimum Gasteiger partial charge on any atom is -0.342 e. The molecule has 0 aromatic heterocycles. The van der Waals surface area contributed by atoms with Gasteiger partial charge in [-0.15, -0.1) is 0 Å². The van der Waals surface area contributed by atoms with Crippen molar-refractivity contribution in [2.24, 2.45) is 10.4 Å². The zero-order valence-electron chi connectivity index (χ0n) is 22.2. The average molecular weight is 456 g/mol. The number of aliphatic imine (C=N–C) groups is 1. The molecule has 2 aromatic rings. The van der Waals surface area contributed by atoms with Crippen molar-refractivity contribution in [3.8, 4) is 0 Å². The largest absolute Gasteiger partial charge is 0.342 e. The van der Waals surface area contributed by atoms with Crippen LogP contribution < -0.4 is 0 Å². The number of benzene rings is 2. The van der Waals surface area contributed by atoms with Gasteiger partial charge in [0, 0.05) is 31.4 Å². The van der Waals surface area contributed by atoms with Crippen LogP contribution in [0.15, 0.2) is 54.5 Å². The van der Waals surface area contributed by atoms with Gasteiger partial charge in [-0.3, -0.25) is 0 Å². The highest BCUT2D eigenvalue weighted by atomic mass is 15.4. The maximum Gasteiger partial charge on any atom is 0.206 e. The lowest BCUT2D eigenvalue weighted by molar-refractivity contribution is 0.360. The van der Waals surface area contributed by atoms with Crippen LogP contribution in [0.3, 0.4) is 0 Å². The summed E-state index contributed by atoms with van der Waals surface area (Å²) in [4.78, 5) is 9.93. The summed E-state index contributed by atoms with van der Waals surface area (Å²) in [5.41, 5.74) is 10.0. The monoisotopic (exact) mass is 455 g/mol. The lowest BCUT2D eigenvalue weighted by Crippen LogP contribution is -2.42. The van der Waals surface area contributed by atoms with Crippen LogP contribution in [-0.4, -0.2) is 35.9 Å². The molecule has 1 unspecified atom stereocenters. The summed E-state index contributed by atoms with van der Waals surface area (Å²) in [5, 5.41) is 0. The van der Waals surface area contributed by atoms with E-state index < -0.39 is 0 Å². The maximum absolute atomic E-state index is 5.31. The third-order valence-corrected chi connectivity index (χ3v) is 7.66. The zero-order chi connectivity index (χ0) is 24.8. The molecular weight excluding hydrogens is 414 g/mol. The summed E-state index contributed by atoms with van der Waals surface area (Å²) in [5.74, 6) is 1.84. The number of hydrogen-bond acceptors (Lipinski definition) is 3. The Kier molecular flexibility index (Phi) is 6.50. The van der Waals surface area contributed by atoms with E-state index in [0.29, 0.717) is 17.3 Å². The molecule has 0 amide bonds. The van der Waals surface area contributed by atoms with Gasteiger partial charge >= 0.3 is 0 Å². The van der Waals surface area contributed by atoms with Gasteiger partial charge in [0.2, 0.25) is 5.96 Å². The minimum absolute atomic E-state index is 0.320. The summed E-state index contributed by atoms with van der Waals surface area (Å²) in [6.07, 6.45) is 2.25. The fourth-order valence-electron chi connectivity index (χ4n) is 5.67. The van der Waals surface area contributed by atoms with Gasteiger partial charge in [-0.2, -0.15) is 0 Å². The van der Waals surface area contributed by atoms with E-state index in [1.165, 1.54) is 34.2 Å². The molecule has 0 bridgehead atoms. The standard InChI is InChI=1S/C31H41N3/c1-20(2)25-12-10-11-13-26(25)22(4)18-23(5)27-16-21(3)17-28-24(6)33(9)30(32-29(27)28)34-15-14-31(7,8)19-34/h10-13,16-17,22-23H,1,6,14-15,18-19H2,2-5,7-9H3/t22?,23-/m0/s1. The third kappa shape index (κ3) is 4.58. The molecule has 0 radical (unpaired) electrons.